The topological polar surface area (TPSA) is 62.3 Å². The summed E-state index contributed by atoms with van der Waals surface area (Å²) < 4.78 is 13.8. The first-order chi connectivity index (χ1) is 17.3. The van der Waals surface area contributed by atoms with E-state index in [9.17, 15) is 0 Å². The molecule has 5 rings (SSSR count). The van der Waals surface area contributed by atoms with Crippen molar-refractivity contribution in [2.75, 3.05) is 19.8 Å². The number of aromatic nitrogens is 2. The van der Waals surface area contributed by atoms with E-state index >= 15 is 0 Å². The molecule has 4 aromatic rings. The van der Waals surface area contributed by atoms with Gasteiger partial charge in [0.15, 0.2) is 6.23 Å². The lowest BCUT2D eigenvalue weighted by Gasteiger charge is -2.23. The van der Waals surface area contributed by atoms with Gasteiger partial charge in [-0.05, 0) is 77.8 Å². The second-order valence-electron chi connectivity index (χ2n) is 8.92. The third kappa shape index (κ3) is 5.02. The highest BCUT2D eigenvalue weighted by molar-refractivity contribution is 6.00. The summed E-state index contributed by atoms with van der Waals surface area (Å²) in [5, 5.41) is 5.83. The first-order valence-corrected chi connectivity index (χ1v) is 12.6. The summed E-state index contributed by atoms with van der Waals surface area (Å²) in [5.41, 5.74) is 12.8. The van der Waals surface area contributed by atoms with Gasteiger partial charge in [-0.25, -0.2) is 4.68 Å². The average molecular weight is 468 g/mol. The van der Waals surface area contributed by atoms with Gasteiger partial charge < -0.3 is 15.2 Å². The van der Waals surface area contributed by atoms with Crippen LogP contribution in [0.3, 0.4) is 0 Å². The minimum absolute atomic E-state index is 0.0266. The second-order valence-corrected chi connectivity index (χ2v) is 8.92. The quantitative estimate of drug-likeness (QED) is 0.303. The van der Waals surface area contributed by atoms with Gasteiger partial charge in [0.05, 0.1) is 11.7 Å². The van der Waals surface area contributed by atoms with E-state index < -0.39 is 0 Å². The van der Waals surface area contributed by atoms with Crippen LogP contribution in [0.4, 0.5) is 0 Å². The highest BCUT2D eigenvalue weighted by atomic mass is 16.5. The Kier molecular flexibility index (Phi) is 7.26. The van der Waals surface area contributed by atoms with Crippen LogP contribution in [0.15, 0.2) is 79.0 Å². The molecule has 180 valence electrons. The molecule has 0 radical (unpaired) electrons. The summed E-state index contributed by atoms with van der Waals surface area (Å²) in [4.78, 5) is 0. The van der Waals surface area contributed by atoms with Crippen LogP contribution in [-0.4, -0.2) is 29.5 Å². The molecule has 1 aromatic heterocycles. The van der Waals surface area contributed by atoms with Crippen LogP contribution in [0.2, 0.25) is 0 Å². The standard InChI is InChI=1S/C30H33N3O2/c1-2-27(22-8-4-3-5-9-22)30(23-11-14-26(15-12-23)34-19-17-31)24-13-16-28-25(20-24)21-32-33(28)29-10-6-7-18-35-29/h3-5,8-9,11-16,20-21,29H,2,6-7,10,17-19,31H2,1H3. The molecule has 1 fully saturated rings. The first kappa shape index (κ1) is 23.3. The number of hydrogen-bond donors (Lipinski definition) is 1. The molecule has 5 nitrogen and oxygen atoms in total. The SMILES string of the molecule is CCC(=C(c1ccc(OCCN)cc1)c1ccc2c(cnn2C2CCCCO2)c1)c1ccccc1. The van der Waals surface area contributed by atoms with E-state index in [0.29, 0.717) is 13.2 Å². The maximum absolute atomic E-state index is 6.00. The molecule has 1 saturated heterocycles. The zero-order chi connectivity index (χ0) is 24.0. The molecule has 0 bridgehead atoms. The van der Waals surface area contributed by atoms with Crippen molar-refractivity contribution in [2.24, 2.45) is 5.73 Å². The third-order valence-electron chi connectivity index (χ3n) is 6.62. The van der Waals surface area contributed by atoms with Crippen LogP contribution in [0, 0.1) is 0 Å². The molecule has 3 aromatic carbocycles. The fourth-order valence-electron chi connectivity index (χ4n) is 4.93. The normalized spacial score (nSPS) is 16.8. The number of nitrogens with two attached hydrogens (primary N) is 1. The largest absolute Gasteiger partial charge is 0.492 e. The van der Waals surface area contributed by atoms with Crippen LogP contribution in [0.5, 0.6) is 5.75 Å². The number of fused-ring (bicyclic) bond motifs is 1. The molecule has 0 aliphatic carbocycles. The Morgan fingerprint density at radius 3 is 2.51 bits per heavy atom. The van der Waals surface area contributed by atoms with Crippen molar-refractivity contribution in [3.05, 3.63) is 95.7 Å². The van der Waals surface area contributed by atoms with Gasteiger partial charge in [0.2, 0.25) is 0 Å². The lowest BCUT2D eigenvalue weighted by molar-refractivity contribution is -0.0366. The van der Waals surface area contributed by atoms with Gasteiger partial charge in [-0.1, -0.05) is 55.5 Å². The van der Waals surface area contributed by atoms with Gasteiger partial charge in [0.1, 0.15) is 12.4 Å². The van der Waals surface area contributed by atoms with Gasteiger partial charge in [0.25, 0.3) is 0 Å². The lowest BCUT2D eigenvalue weighted by atomic mass is 9.88. The summed E-state index contributed by atoms with van der Waals surface area (Å²) in [5.74, 6) is 0.834. The van der Waals surface area contributed by atoms with Crippen LogP contribution in [-0.2, 0) is 4.74 Å². The van der Waals surface area contributed by atoms with Gasteiger partial charge >= 0.3 is 0 Å². The van der Waals surface area contributed by atoms with E-state index in [1.165, 1.54) is 28.7 Å². The van der Waals surface area contributed by atoms with Crippen LogP contribution < -0.4 is 10.5 Å². The predicted molar refractivity (Wildman–Crippen MR) is 142 cm³/mol. The predicted octanol–water partition coefficient (Wildman–Crippen LogP) is 6.44. The van der Waals surface area contributed by atoms with Crippen molar-refractivity contribution >= 4 is 22.0 Å². The van der Waals surface area contributed by atoms with Crippen LogP contribution >= 0.6 is 0 Å². The summed E-state index contributed by atoms with van der Waals surface area (Å²) >= 11 is 0. The van der Waals surface area contributed by atoms with Crippen LogP contribution in [0.1, 0.15) is 55.5 Å². The Morgan fingerprint density at radius 2 is 1.80 bits per heavy atom. The molecule has 2 heterocycles. The number of benzene rings is 3. The molecule has 1 aliphatic heterocycles. The zero-order valence-electron chi connectivity index (χ0n) is 20.3. The first-order valence-electron chi connectivity index (χ1n) is 12.6. The third-order valence-corrected chi connectivity index (χ3v) is 6.62. The Bertz CT molecular complexity index is 1290. The molecule has 1 atom stereocenters. The van der Waals surface area contributed by atoms with E-state index in [2.05, 4.69) is 67.6 Å². The van der Waals surface area contributed by atoms with Crippen molar-refractivity contribution in [3.8, 4) is 5.75 Å². The number of nitrogens with zero attached hydrogens (tertiary/aromatic N) is 2. The van der Waals surface area contributed by atoms with Gasteiger partial charge in [-0.3, -0.25) is 0 Å². The Morgan fingerprint density at radius 1 is 1.00 bits per heavy atom. The highest BCUT2D eigenvalue weighted by Gasteiger charge is 2.20. The molecular weight excluding hydrogens is 434 g/mol. The molecule has 0 saturated carbocycles. The van der Waals surface area contributed by atoms with E-state index in [1.54, 1.807) is 0 Å². The molecular formula is C30H33N3O2. The van der Waals surface area contributed by atoms with Crippen LogP contribution in [0.25, 0.3) is 22.0 Å². The average Bonchev–Trinajstić information content (AvgIpc) is 3.35. The molecule has 5 heteroatoms. The fourth-order valence-corrected chi connectivity index (χ4v) is 4.93. The maximum Gasteiger partial charge on any atom is 0.150 e. The number of allylic oxidation sites excluding steroid dienone is 1. The van der Waals surface area contributed by atoms with Crippen molar-refractivity contribution in [2.45, 2.75) is 38.8 Å². The van der Waals surface area contributed by atoms with E-state index in [4.69, 9.17) is 20.3 Å². The van der Waals surface area contributed by atoms with E-state index in [1.807, 2.05) is 23.0 Å². The number of rotatable bonds is 8. The zero-order valence-corrected chi connectivity index (χ0v) is 20.3. The number of ether oxygens (including phenoxy) is 2. The summed E-state index contributed by atoms with van der Waals surface area (Å²) in [6, 6.07) is 25.6. The molecule has 2 N–H and O–H groups in total. The summed E-state index contributed by atoms with van der Waals surface area (Å²) in [6.07, 6.45) is 6.22. The monoisotopic (exact) mass is 467 g/mol. The maximum atomic E-state index is 6.00. The Labute approximate surface area is 207 Å². The molecule has 35 heavy (non-hydrogen) atoms. The minimum atomic E-state index is 0.0266. The van der Waals surface area contributed by atoms with Gasteiger partial charge in [0, 0.05) is 18.5 Å². The second kappa shape index (κ2) is 10.9. The molecule has 1 aliphatic rings. The molecule has 0 amide bonds. The van der Waals surface area contributed by atoms with Gasteiger partial charge in [-0.15, -0.1) is 0 Å². The summed E-state index contributed by atoms with van der Waals surface area (Å²) in [7, 11) is 0. The van der Waals surface area contributed by atoms with Gasteiger partial charge in [-0.2, -0.15) is 5.10 Å². The fraction of sp³-hybridized carbons (Fsp3) is 0.300. The van der Waals surface area contributed by atoms with E-state index in [-0.39, 0.29) is 6.23 Å². The van der Waals surface area contributed by atoms with E-state index in [0.717, 1.165) is 48.1 Å². The Hall–Kier alpha value is -3.41. The lowest BCUT2D eigenvalue weighted by Crippen LogP contribution is -2.18. The van der Waals surface area contributed by atoms with Crippen molar-refractivity contribution in [1.29, 1.82) is 0 Å². The van der Waals surface area contributed by atoms with Crippen molar-refractivity contribution in [3.63, 3.8) is 0 Å². The minimum Gasteiger partial charge on any atom is -0.492 e. The van der Waals surface area contributed by atoms with Crippen molar-refractivity contribution in [1.82, 2.24) is 9.78 Å². The summed E-state index contributed by atoms with van der Waals surface area (Å²) in [6.45, 7) is 4.04. The highest BCUT2D eigenvalue weighted by Crippen LogP contribution is 2.37. The molecule has 1 unspecified atom stereocenters. The number of hydrogen-bond acceptors (Lipinski definition) is 4. The smallest absolute Gasteiger partial charge is 0.150 e. The molecule has 0 spiro atoms. The Balaban J connectivity index is 1.60. The van der Waals surface area contributed by atoms with Crippen molar-refractivity contribution < 1.29 is 9.47 Å².